The third-order valence-corrected chi connectivity index (χ3v) is 8.47. The maximum absolute atomic E-state index is 13.9. The lowest BCUT2D eigenvalue weighted by atomic mass is 9.95. The molecule has 2 heterocycles. The van der Waals surface area contributed by atoms with Gasteiger partial charge in [0.05, 0.1) is 21.8 Å². The summed E-state index contributed by atoms with van der Waals surface area (Å²) in [4.78, 5) is 32.8. The number of thiazole rings is 1. The average molecular weight is 627 g/mol. The Balaban J connectivity index is 1.33. The SMILES string of the molecule is CC1=C(C(=O)Nc2ccccc2)C(c2ccc(Cl)cc2)n2c(s/c(=C\c3ccc(OCc4ccc(Cl)cc4)cc3)c2=O)=N1. The van der Waals surface area contributed by atoms with E-state index in [1.54, 1.807) is 23.6 Å². The van der Waals surface area contributed by atoms with Gasteiger partial charge in [0.2, 0.25) is 0 Å². The molecule has 0 bridgehead atoms. The highest BCUT2D eigenvalue weighted by molar-refractivity contribution is 7.07. The number of nitrogens with zero attached hydrogens (tertiary/aromatic N) is 2. The summed E-state index contributed by atoms with van der Waals surface area (Å²) in [5.74, 6) is 0.386. The Morgan fingerprint density at radius 1 is 0.930 bits per heavy atom. The van der Waals surface area contributed by atoms with Crippen molar-refractivity contribution in [1.82, 2.24) is 4.57 Å². The van der Waals surface area contributed by atoms with E-state index in [1.165, 1.54) is 11.3 Å². The van der Waals surface area contributed by atoms with Crippen LogP contribution in [0.25, 0.3) is 6.08 Å². The minimum absolute atomic E-state index is 0.232. The number of carbonyl (C=O) groups is 1. The number of carbonyl (C=O) groups excluding carboxylic acids is 1. The summed E-state index contributed by atoms with van der Waals surface area (Å²) >= 11 is 13.4. The number of para-hydroxylation sites is 1. The van der Waals surface area contributed by atoms with Crippen LogP contribution in [-0.4, -0.2) is 10.5 Å². The number of hydrogen-bond acceptors (Lipinski definition) is 5. The van der Waals surface area contributed by atoms with Gasteiger partial charge in [-0.25, -0.2) is 4.99 Å². The molecule has 4 aromatic carbocycles. The fraction of sp³-hybridized carbons (Fsp3) is 0.0882. The Labute approximate surface area is 261 Å². The van der Waals surface area contributed by atoms with E-state index in [9.17, 15) is 9.59 Å². The van der Waals surface area contributed by atoms with Crippen molar-refractivity contribution in [3.05, 3.63) is 161 Å². The fourth-order valence-corrected chi connectivity index (χ4v) is 6.15. The van der Waals surface area contributed by atoms with E-state index in [0.717, 1.165) is 16.7 Å². The molecule has 1 aromatic heterocycles. The molecule has 6 rings (SSSR count). The highest BCUT2D eigenvalue weighted by Gasteiger charge is 2.32. The van der Waals surface area contributed by atoms with Crippen LogP contribution in [0.4, 0.5) is 5.69 Å². The van der Waals surface area contributed by atoms with Gasteiger partial charge in [-0.15, -0.1) is 0 Å². The second-order valence-corrected chi connectivity index (χ2v) is 11.8. The van der Waals surface area contributed by atoms with Crippen molar-refractivity contribution in [2.45, 2.75) is 19.6 Å². The lowest BCUT2D eigenvalue weighted by molar-refractivity contribution is -0.113. The molecular formula is C34H25Cl2N3O3S. The second-order valence-electron chi connectivity index (χ2n) is 9.94. The first-order valence-corrected chi connectivity index (χ1v) is 15.0. The van der Waals surface area contributed by atoms with Gasteiger partial charge in [-0.2, -0.15) is 0 Å². The Morgan fingerprint density at radius 2 is 1.58 bits per heavy atom. The smallest absolute Gasteiger partial charge is 0.271 e. The van der Waals surface area contributed by atoms with Crippen molar-refractivity contribution >= 4 is 52.2 Å². The molecule has 6 nitrogen and oxygen atoms in total. The minimum atomic E-state index is -0.678. The van der Waals surface area contributed by atoms with E-state index >= 15 is 0 Å². The predicted octanol–water partition coefficient (Wildman–Crippen LogP) is 6.76. The lowest BCUT2D eigenvalue weighted by Gasteiger charge is -2.25. The number of hydrogen-bond donors (Lipinski definition) is 1. The van der Waals surface area contributed by atoms with Crippen LogP contribution in [0.3, 0.4) is 0 Å². The molecule has 214 valence electrons. The highest BCUT2D eigenvalue weighted by Crippen LogP contribution is 2.31. The molecule has 0 aliphatic carbocycles. The van der Waals surface area contributed by atoms with Gasteiger partial charge in [-0.05, 0) is 78.2 Å². The fourth-order valence-electron chi connectivity index (χ4n) is 4.85. The molecule has 5 aromatic rings. The quantitative estimate of drug-likeness (QED) is 0.217. The average Bonchev–Trinajstić information content (AvgIpc) is 3.31. The number of anilines is 1. The molecule has 0 saturated heterocycles. The van der Waals surface area contributed by atoms with Gasteiger partial charge in [0.15, 0.2) is 4.80 Å². The Bertz CT molecular complexity index is 2000. The summed E-state index contributed by atoms with van der Waals surface area (Å²) in [6.07, 6.45) is 1.83. The molecule has 0 radical (unpaired) electrons. The number of allylic oxidation sites excluding steroid dienone is 1. The van der Waals surface area contributed by atoms with Crippen LogP contribution in [0.5, 0.6) is 5.75 Å². The lowest BCUT2D eigenvalue weighted by Crippen LogP contribution is -2.40. The first-order chi connectivity index (χ1) is 20.9. The summed E-state index contributed by atoms with van der Waals surface area (Å²) in [5.41, 5.74) is 3.97. The largest absolute Gasteiger partial charge is 0.489 e. The number of fused-ring (bicyclic) bond motifs is 1. The van der Waals surface area contributed by atoms with E-state index in [-0.39, 0.29) is 11.5 Å². The molecule has 1 aliphatic heterocycles. The van der Waals surface area contributed by atoms with Crippen LogP contribution < -0.4 is 24.9 Å². The highest BCUT2D eigenvalue weighted by atomic mass is 35.5. The zero-order chi connectivity index (χ0) is 29.9. The maximum Gasteiger partial charge on any atom is 0.271 e. The van der Waals surface area contributed by atoms with E-state index in [4.69, 9.17) is 32.9 Å². The molecular weight excluding hydrogens is 601 g/mol. The standard InChI is InChI=1S/C34H25Cl2N3O3S/c1-21-30(32(40)38-27-5-3-2-4-6-27)31(24-11-15-26(36)16-12-24)39-33(41)29(43-34(39)37-21)19-22-9-17-28(18-10-22)42-20-23-7-13-25(35)14-8-23/h2-19,31H,20H2,1H3,(H,38,40)/b29-19-. The van der Waals surface area contributed by atoms with Gasteiger partial charge in [-0.1, -0.05) is 89.1 Å². The number of aromatic nitrogens is 1. The van der Waals surface area contributed by atoms with Gasteiger partial charge in [0, 0.05) is 15.7 Å². The summed E-state index contributed by atoms with van der Waals surface area (Å²) < 4.78 is 8.00. The normalized spacial score (nSPS) is 14.7. The predicted molar refractivity (Wildman–Crippen MR) is 173 cm³/mol. The summed E-state index contributed by atoms with van der Waals surface area (Å²) in [7, 11) is 0. The van der Waals surface area contributed by atoms with E-state index in [1.807, 2.05) is 97.1 Å². The van der Waals surface area contributed by atoms with Gasteiger partial charge in [-0.3, -0.25) is 14.2 Å². The van der Waals surface area contributed by atoms with Crippen molar-refractivity contribution in [2.75, 3.05) is 5.32 Å². The zero-order valence-electron chi connectivity index (χ0n) is 23.0. The molecule has 1 atom stereocenters. The molecule has 0 saturated carbocycles. The van der Waals surface area contributed by atoms with Crippen LogP contribution >= 0.6 is 34.5 Å². The van der Waals surface area contributed by atoms with E-state index < -0.39 is 6.04 Å². The number of amides is 1. The third-order valence-electron chi connectivity index (χ3n) is 6.98. The van der Waals surface area contributed by atoms with Crippen molar-refractivity contribution in [3.8, 4) is 5.75 Å². The van der Waals surface area contributed by atoms with Crippen molar-refractivity contribution in [3.63, 3.8) is 0 Å². The summed E-state index contributed by atoms with van der Waals surface area (Å²) in [6.45, 7) is 2.21. The topological polar surface area (TPSA) is 72.7 Å². The Kier molecular flexibility index (Phi) is 8.29. The number of rotatable bonds is 7. The van der Waals surface area contributed by atoms with Crippen LogP contribution in [0.2, 0.25) is 10.0 Å². The molecule has 1 N–H and O–H groups in total. The van der Waals surface area contributed by atoms with Gasteiger partial charge < -0.3 is 10.1 Å². The zero-order valence-corrected chi connectivity index (χ0v) is 25.3. The van der Waals surface area contributed by atoms with Crippen LogP contribution in [0.1, 0.15) is 29.7 Å². The number of ether oxygens (including phenoxy) is 1. The van der Waals surface area contributed by atoms with Crippen molar-refractivity contribution < 1.29 is 9.53 Å². The molecule has 1 unspecified atom stereocenters. The number of benzene rings is 4. The monoisotopic (exact) mass is 625 g/mol. The molecule has 1 aliphatic rings. The second kappa shape index (κ2) is 12.4. The third kappa shape index (κ3) is 6.34. The maximum atomic E-state index is 13.9. The van der Waals surface area contributed by atoms with Gasteiger partial charge in [0.25, 0.3) is 11.5 Å². The van der Waals surface area contributed by atoms with Gasteiger partial charge in [0.1, 0.15) is 12.4 Å². The molecule has 0 spiro atoms. The van der Waals surface area contributed by atoms with Crippen molar-refractivity contribution in [2.24, 2.45) is 4.99 Å². The Hall–Kier alpha value is -4.43. The summed E-state index contributed by atoms with van der Waals surface area (Å²) in [5, 5.41) is 4.20. The van der Waals surface area contributed by atoms with Gasteiger partial charge >= 0.3 is 0 Å². The molecule has 1 amide bonds. The van der Waals surface area contributed by atoms with E-state index in [2.05, 4.69) is 5.32 Å². The first kappa shape index (κ1) is 28.7. The van der Waals surface area contributed by atoms with Crippen LogP contribution in [0.15, 0.2) is 124 Å². The minimum Gasteiger partial charge on any atom is -0.489 e. The first-order valence-electron chi connectivity index (χ1n) is 13.5. The molecule has 0 fully saturated rings. The molecule has 9 heteroatoms. The van der Waals surface area contributed by atoms with Crippen LogP contribution in [0, 0.1) is 0 Å². The summed E-state index contributed by atoms with van der Waals surface area (Å²) in [6, 6.07) is 30.7. The van der Waals surface area contributed by atoms with Crippen LogP contribution in [-0.2, 0) is 11.4 Å². The van der Waals surface area contributed by atoms with E-state index in [0.29, 0.717) is 48.7 Å². The number of nitrogens with one attached hydrogen (secondary N) is 1. The molecule has 43 heavy (non-hydrogen) atoms. The Morgan fingerprint density at radius 3 is 2.26 bits per heavy atom. The van der Waals surface area contributed by atoms with Crippen molar-refractivity contribution in [1.29, 1.82) is 0 Å². The number of halogens is 2.